The fraction of sp³-hybridized carbons (Fsp3) is 0.353. The molecule has 0 spiro atoms. The number of benzene rings is 1. The van der Waals surface area contributed by atoms with E-state index in [-0.39, 0.29) is 11.1 Å². The van der Waals surface area contributed by atoms with E-state index in [4.69, 9.17) is 4.74 Å². The summed E-state index contributed by atoms with van der Waals surface area (Å²) in [6, 6.07) is 2.90. The lowest BCUT2D eigenvalue weighted by molar-refractivity contribution is 0.0291. The average Bonchev–Trinajstić information content (AvgIpc) is 2.94. The molecule has 3 nitrogen and oxygen atoms in total. The lowest BCUT2D eigenvalue weighted by Gasteiger charge is -2.31. The topological polar surface area (TPSA) is 31.2 Å². The maximum atomic E-state index is 14.4. The molecule has 0 radical (unpaired) electrons. The maximum Gasteiger partial charge on any atom is 0.253 e. The van der Waals surface area contributed by atoms with E-state index in [0.29, 0.717) is 42.7 Å². The van der Waals surface area contributed by atoms with Gasteiger partial charge < -0.3 is 9.30 Å². The number of rotatable bonds is 2. The van der Waals surface area contributed by atoms with Crippen LogP contribution in [0.25, 0.3) is 0 Å². The Kier molecular flexibility index (Phi) is 3.80. The van der Waals surface area contributed by atoms with Gasteiger partial charge in [-0.25, -0.2) is 13.2 Å². The zero-order chi connectivity index (χ0) is 16.8. The highest BCUT2D eigenvalue weighted by Crippen LogP contribution is 2.45. The van der Waals surface area contributed by atoms with E-state index >= 15 is 0 Å². The van der Waals surface area contributed by atoms with Gasteiger partial charge in [0.25, 0.3) is 5.56 Å². The summed E-state index contributed by atoms with van der Waals surface area (Å²) in [6.07, 6.45) is 2.44. The molecule has 0 N–H and O–H groups in total. The van der Waals surface area contributed by atoms with Crippen LogP contribution < -0.4 is 5.56 Å². The van der Waals surface area contributed by atoms with Gasteiger partial charge in [0.05, 0.1) is 5.56 Å². The van der Waals surface area contributed by atoms with Gasteiger partial charge in [0.15, 0.2) is 0 Å². The Balaban J connectivity index is 2.32. The van der Waals surface area contributed by atoms with Crippen LogP contribution in [0.15, 0.2) is 29.2 Å². The summed E-state index contributed by atoms with van der Waals surface area (Å²) in [5.41, 5.74) is -1.23. The van der Waals surface area contributed by atoms with Crippen LogP contribution in [-0.2, 0) is 17.4 Å². The molecule has 0 bridgehead atoms. The van der Waals surface area contributed by atoms with Crippen molar-refractivity contribution in [2.24, 2.45) is 7.05 Å². The molecule has 1 aliphatic heterocycles. The number of nitrogens with zero attached hydrogens (tertiary/aromatic N) is 1. The van der Waals surface area contributed by atoms with E-state index in [1.54, 1.807) is 20.0 Å². The average molecular weight is 323 g/mol. The van der Waals surface area contributed by atoms with Gasteiger partial charge in [0.1, 0.15) is 23.1 Å². The van der Waals surface area contributed by atoms with Gasteiger partial charge >= 0.3 is 0 Å². The molecule has 1 unspecified atom stereocenters. The first kappa shape index (κ1) is 15.8. The zero-order valence-corrected chi connectivity index (χ0v) is 12.8. The maximum absolute atomic E-state index is 14.4. The van der Waals surface area contributed by atoms with E-state index in [9.17, 15) is 18.0 Å². The summed E-state index contributed by atoms with van der Waals surface area (Å²) in [5.74, 6) is -3.01. The van der Waals surface area contributed by atoms with Crippen molar-refractivity contribution in [1.29, 1.82) is 0 Å². The van der Waals surface area contributed by atoms with Crippen molar-refractivity contribution >= 4 is 0 Å². The van der Waals surface area contributed by atoms with Crippen LogP contribution in [0.5, 0.6) is 0 Å². The van der Waals surface area contributed by atoms with Gasteiger partial charge in [0.2, 0.25) is 0 Å². The lowest BCUT2D eigenvalue weighted by Crippen LogP contribution is -2.33. The first-order chi connectivity index (χ1) is 10.9. The largest absolute Gasteiger partial charge is 0.365 e. The molecule has 1 aromatic heterocycles. The van der Waals surface area contributed by atoms with Gasteiger partial charge in [-0.2, -0.15) is 0 Å². The third-order valence-electron chi connectivity index (χ3n) is 4.38. The minimum Gasteiger partial charge on any atom is -0.365 e. The smallest absolute Gasteiger partial charge is 0.253 e. The Morgan fingerprint density at radius 3 is 2.43 bits per heavy atom. The highest BCUT2D eigenvalue weighted by Gasteiger charge is 2.44. The van der Waals surface area contributed by atoms with Gasteiger partial charge in [-0.1, -0.05) is 0 Å². The summed E-state index contributed by atoms with van der Waals surface area (Å²) >= 11 is 0. The molecule has 2 aromatic rings. The van der Waals surface area contributed by atoms with Gasteiger partial charge in [0, 0.05) is 37.5 Å². The Labute approximate surface area is 131 Å². The Morgan fingerprint density at radius 2 is 1.87 bits per heavy atom. The molecule has 0 saturated carbocycles. The number of halogens is 3. The van der Waals surface area contributed by atoms with Crippen LogP contribution in [0, 0.1) is 24.4 Å². The molecule has 1 fully saturated rings. The minimum atomic E-state index is -1.40. The van der Waals surface area contributed by atoms with Crippen LogP contribution in [0.3, 0.4) is 0 Å². The number of hydrogen-bond acceptors (Lipinski definition) is 2. The van der Waals surface area contributed by atoms with E-state index < -0.39 is 23.1 Å². The molecule has 122 valence electrons. The fourth-order valence-electron chi connectivity index (χ4n) is 3.31. The van der Waals surface area contributed by atoms with E-state index in [0.717, 1.165) is 0 Å². The Bertz CT molecular complexity index is 800. The molecule has 1 aromatic carbocycles. The Morgan fingerprint density at radius 1 is 1.22 bits per heavy atom. The molecular weight excluding hydrogens is 307 g/mol. The SMILES string of the molecule is Cc1c(C2(c3c(F)cc(F)cc3F)CCCO2)ccn(C)c1=O. The van der Waals surface area contributed by atoms with Crippen molar-refractivity contribution in [2.75, 3.05) is 6.61 Å². The monoisotopic (exact) mass is 323 g/mol. The molecule has 23 heavy (non-hydrogen) atoms. The number of hydrogen-bond donors (Lipinski definition) is 0. The predicted octanol–water partition coefficient (Wildman–Crippen LogP) is 3.17. The molecule has 6 heteroatoms. The first-order valence-electron chi connectivity index (χ1n) is 7.32. The van der Waals surface area contributed by atoms with Crippen LogP contribution in [0.4, 0.5) is 13.2 Å². The normalized spacial score (nSPS) is 20.9. The summed E-state index contributed by atoms with van der Waals surface area (Å²) < 4.78 is 49.1. The third kappa shape index (κ3) is 2.37. The number of aryl methyl sites for hydroxylation is 1. The molecule has 0 aliphatic carbocycles. The summed E-state index contributed by atoms with van der Waals surface area (Å²) in [7, 11) is 1.60. The molecule has 1 saturated heterocycles. The summed E-state index contributed by atoms with van der Waals surface area (Å²) in [4.78, 5) is 12.2. The van der Waals surface area contributed by atoms with E-state index in [1.165, 1.54) is 10.8 Å². The van der Waals surface area contributed by atoms with Crippen LogP contribution in [-0.4, -0.2) is 11.2 Å². The van der Waals surface area contributed by atoms with Gasteiger partial charge in [-0.15, -0.1) is 0 Å². The number of ether oxygens (including phenoxy) is 1. The second-order valence-corrected chi connectivity index (χ2v) is 5.79. The second-order valence-electron chi connectivity index (χ2n) is 5.79. The summed E-state index contributed by atoms with van der Waals surface area (Å²) in [5, 5.41) is 0. The van der Waals surface area contributed by atoms with Crippen LogP contribution >= 0.6 is 0 Å². The molecule has 1 atom stereocenters. The van der Waals surface area contributed by atoms with Crippen LogP contribution in [0.1, 0.15) is 29.5 Å². The number of aromatic nitrogens is 1. The van der Waals surface area contributed by atoms with Crippen molar-refractivity contribution in [3.8, 4) is 0 Å². The van der Waals surface area contributed by atoms with E-state index in [1.807, 2.05) is 0 Å². The minimum absolute atomic E-state index is 0.264. The van der Waals surface area contributed by atoms with Gasteiger partial charge in [-0.05, 0) is 31.4 Å². The molecule has 2 heterocycles. The summed E-state index contributed by atoms with van der Waals surface area (Å²) in [6.45, 7) is 1.91. The van der Waals surface area contributed by atoms with Gasteiger partial charge in [-0.3, -0.25) is 4.79 Å². The highest BCUT2D eigenvalue weighted by molar-refractivity contribution is 5.42. The third-order valence-corrected chi connectivity index (χ3v) is 4.38. The van der Waals surface area contributed by atoms with Crippen molar-refractivity contribution in [3.05, 3.63) is 68.9 Å². The number of pyridine rings is 1. The predicted molar refractivity (Wildman–Crippen MR) is 78.7 cm³/mol. The highest BCUT2D eigenvalue weighted by atomic mass is 19.1. The second kappa shape index (κ2) is 5.53. The quantitative estimate of drug-likeness (QED) is 0.850. The first-order valence-corrected chi connectivity index (χ1v) is 7.32. The lowest BCUT2D eigenvalue weighted by atomic mass is 9.81. The molecular formula is C17H16F3NO2. The Hall–Kier alpha value is -2.08. The molecule has 1 aliphatic rings. The van der Waals surface area contributed by atoms with Crippen molar-refractivity contribution < 1.29 is 17.9 Å². The fourth-order valence-corrected chi connectivity index (χ4v) is 3.31. The van der Waals surface area contributed by atoms with Crippen molar-refractivity contribution in [1.82, 2.24) is 4.57 Å². The van der Waals surface area contributed by atoms with E-state index in [2.05, 4.69) is 0 Å². The van der Waals surface area contributed by atoms with Crippen molar-refractivity contribution in [3.63, 3.8) is 0 Å². The van der Waals surface area contributed by atoms with Crippen LogP contribution in [0.2, 0.25) is 0 Å². The van der Waals surface area contributed by atoms with Crippen molar-refractivity contribution in [2.45, 2.75) is 25.4 Å². The zero-order valence-electron chi connectivity index (χ0n) is 12.8. The standard InChI is InChI=1S/C17H16F3NO2/c1-10-12(4-6-21(2)16(10)22)17(5-3-7-23-17)15-13(19)8-11(18)9-14(15)20/h4,6,8-9H,3,5,7H2,1-2H3. The molecule has 0 amide bonds. The molecule has 3 rings (SSSR count).